The zero-order valence-electron chi connectivity index (χ0n) is 11.8. The molecule has 3 N–H and O–H groups in total. The third kappa shape index (κ3) is 4.49. The topological polar surface area (TPSA) is 86.6 Å². The number of carbonyl (C=O) groups excluding carboxylic acids is 1. The van der Waals surface area contributed by atoms with Gasteiger partial charge in [0.2, 0.25) is 5.91 Å². The quantitative estimate of drug-likeness (QED) is 0.684. The van der Waals surface area contributed by atoms with Crippen LogP contribution >= 0.6 is 0 Å². The first-order chi connectivity index (χ1) is 8.97. The van der Waals surface area contributed by atoms with E-state index in [1.54, 1.807) is 6.92 Å². The van der Waals surface area contributed by atoms with E-state index >= 15 is 0 Å². The molecule has 5 nitrogen and oxygen atoms in total. The minimum absolute atomic E-state index is 0.0277. The number of amides is 1. The van der Waals surface area contributed by atoms with E-state index in [1.165, 1.54) is 0 Å². The highest BCUT2D eigenvalue weighted by atomic mass is 16.4. The second-order valence-electron chi connectivity index (χ2n) is 5.55. The maximum atomic E-state index is 12.0. The summed E-state index contributed by atoms with van der Waals surface area (Å²) in [4.78, 5) is 23.1. The van der Waals surface area contributed by atoms with Crippen molar-refractivity contribution in [3.8, 4) is 0 Å². The Morgan fingerprint density at radius 1 is 1.26 bits per heavy atom. The van der Waals surface area contributed by atoms with Crippen LogP contribution in [0.2, 0.25) is 0 Å². The van der Waals surface area contributed by atoms with Gasteiger partial charge in [0.15, 0.2) is 0 Å². The number of nitrogens with one attached hydrogen (secondary N) is 1. The first-order valence-corrected chi connectivity index (χ1v) is 7.18. The smallest absolute Gasteiger partial charge is 0.326 e. The van der Waals surface area contributed by atoms with Crippen molar-refractivity contribution in [3.63, 3.8) is 0 Å². The fraction of sp³-hybridized carbons (Fsp3) is 0.857. The van der Waals surface area contributed by atoms with Crippen molar-refractivity contribution >= 4 is 11.9 Å². The average Bonchev–Trinajstić information content (AvgIpc) is 2.43. The SMILES string of the molecule is CC[C@H](C)[C@H](NC(=O)C(O)C1CCCCC1)C(=O)O. The van der Waals surface area contributed by atoms with Crippen molar-refractivity contribution in [3.05, 3.63) is 0 Å². The molecular weight excluding hydrogens is 246 g/mol. The van der Waals surface area contributed by atoms with E-state index in [0.717, 1.165) is 32.1 Å². The van der Waals surface area contributed by atoms with Gasteiger partial charge >= 0.3 is 5.97 Å². The Hall–Kier alpha value is -1.10. The van der Waals surface area contributed by atoms with E-state index in [2.05, 4.69) is 5.32 Å². The van der Waals surface area contributed by atoms with Crippen molar-refractivity contribution in [1.82, 2.24) is 5.32 Å². The van der Waals surface area contributed by atoms with Crippen molar-refractivity contribution < 1.29 is 19.8 Å². The van der Waals surface area contributed by atoms with Gasteiger partial charge in [-0.15, -0.1) is 0 Å². The van der Waals surface area contributed by atoms with Gasteiger partial charge in [0.05, 0.1) is 0 Å². The number of rotatable bonds is 6. The fourth-order valence-corrected chi connectivity index (χ4v) is 2.59. The second kappa shape index (κ2) is 7.48. The highest BCUT2D eigenvalue weighted by Crippen LogP contribution is 2.26. The van der Waals surface area contributed by atoms with E-state index < -0.39 is 24.0 Å². The lowest BCUT2D eigenvalue weighted by atomic mass is 9.85. The van der Waals surface area contributed by atoms with Crippen molar-refractivity contribution in [2.45, 2.75) is 64.5 Å². The monoisotopic (exact) mass is 271 g/mol. The number of aliphatic hydroxyl groups is 1. The first-order valence-electron chi connectivity index (χ1n) is 7.18. The molecule has 0 aromatic rings. The molecule has 3 atom stereocenters. The summed E-state index contributed by atoms with van der Waals surface area (Å²) in [6.07, 6.45) is 4.48. The van der Waals surface area contributed by atoms with Gasteiger partial charge in [-0.3, -0.25) is 4.79 Å². The fourth-order valence-electron chi connectivity index (χ4n) is 2.59. The average molecular weight is 271 g/mol. The molecule has 1 rings (SSSR count). The van der Waals surface area contributed by atoms with Crippen LogP contribution in [0.25, 0.3) is 0 Å². The van der Waals surface area contributed by atoms with Crippen LogP contribution in [0.5, 0.6) is 0 Å². The van der Waals surface area contributed by atoms with Crippen LogP contribution in [0.1, 0.15) is 52.4 Å². The summed E-state index contributed by atoms with van der Waals surface area (Å²) in [5.41, 5.74) is 0. The molecule has 0 saturated heterocycles. The summed E-state index contributed by atoms with van der Waals surface area (Å²) in [5, 5.41) is 21.6. The molecule has 1 saturated carbocycles. The molecule has 0 bridgehead atoms. The predicted octanol–water partition coefficient (Wildman–Crippen LogP) is 1.54. The van der Waals surface area contributed by atoms with Crippen LogP contribution in [0.15, 0.2) is 0 Å². The van der Waals surface area contributed by atoms with Crippen LogP contribution < -0.4 is 5.32 Å². The van der Waals surface area contributed by atoms with E-state index in [9.17, 15) is 14.7 Å². The maximum Gasteiger partial charge on any atom is 0.326 e. The number of aliphatic hydroxyl groups excluding tert-OH is 1. The molecule has 1 aliphatic rings. The van der Waals surface area contributed by atoms with Crippen molar-refractivity contribution in [1.29, 1.82) is 0 Å². The minimum Gasteiger partial charge on any atom is -0.480 e. The van der Waals surface area contributed by atoms with Crippen LogP contribution in [-0.2, 0) is 9.59 Å². The Balaban J connectivity index is 2.57. The third-order valence-corrected chi connectivity index (χ3v) is 4.14. The minimum atomic E-state index is -1.08. The molecule has 0 heterocycles. The maximum absolute atomic E-state index is 12.0. The van der Waals surface area contributed by atoms with Crippen LogP contribution in [-0.4, -0.2) is 34.2 Å². The van der Waals surface area contributed by atoms with Gasteiger partial charge in [0.25, 0.3) is 0 Å². The second-order valence-corrected chi connectivity index (χ2v) is 5.55. The Kier molecular flexibility index (Phi) is 6.28. The zero-order valence-corrected chi connectivity index (χ0v) is 11.8. The largest absolute Gasteiger partial charge is 0.480 e. The van der Waals surface area contributed by atoms with Crippen LogP contribution in [0, 0.1) is 11.8 Å². The first kappa shape index (κ1) is 16.0. The molecule has 0 radical (unpaired) electrons. The van der Waals surface area contributed by atoms with Crippen LogP contribution in [0.4, 0.5) is 0 Å². The Morgan fingerprint density at radius 3 is 2.32 bits per heavy atom. The van der Waals surface area contributed by atoms with E-state index in [0.29, 0.717) is 6.42 Å². The Labute approximate surface area is 114 Å². The van der Waals surface area contributed by atoms with E-state index in [4.69, 9.17) is 5.11 Å². The number of aliphatic carboxylic acids is 1. The number of carbonyl (C=O) groups is 2. The Morgan fingerprint density at radius 2 is 1.84 bits per heavy atom. The molecule has 1 aliphatic carbocycles. The highest BCUT2D eigenvalue weighted by molar-refractivity contribution is 5.86. The van der Waals surface area contributed by atoms with Gasteiger partial charge in [-0.1, -0.05) is 39.5 Å². The van der Waals surface area contributed by atoms with Gasteiger partial charge in [-0.25, -0.2) is 4.79 Å². The standard InChI is InChI=1S/C14H25NO4/c1-3-9(2)11(14(18)19)15-13(17)12(16)10-7-5-4-6-8-10/h9-12,16H,3-8H2,1-2H3,(H,15,17)(H,18,19)/t9-,11-,12?/m0/s1. The normalized spacial score (nSPS) is 21.4. The molecule has 0 aromatic heterocycles. The number of carboxylic acid groups (broad SMARTS) is 1. The number of hydrogen-bond donors (Lipinski definition) is 3. The summed E-state index contributed by atoms with van der Waals surface area (Å²) in [5.74, 6) is -1.77. The van der Waals surface area contributed by atoms with Crippen molar-refractivity contribution in [2.24, 2.45) is 11.8 Å². The summed E-state index contributed by atoms with van der Waals surface area (Å²) >= 11 is 0. The lowest BCUT2D eigenvalue weighted by Crippen LogP contribution is -2.50. The molecule has 0 aromatic carbocycles. The predicted molar refractivity (Wildman–Crippen MR) is 71.6 cm³/mol. The lowest BCUT2D eigenvalue weighted by molar-refractivity contribution is -0.145. The molecule has 1 unspecified atom stereocenters. The molecule has 1 fully saturated rings. The molecular formula is C14H25NO4. The molecule has 19 heavy (non-hydrogen) atoms. The van der Waals surface area contributed by atoms with E-state index in [-0.39, 0.29) is 11.8 Å². The number of carboxylic acids is 1. The van der Waals surface area contributed by atoms with Crippen molar-refractivity contribution in [2.75, 3.05) is 0 Å². The molecule has 5 heteroatoms. The Bertz CT molecular complexity index is 313. The van der Waals surface area contributed by atoms with Gasteiger partial charge in [-0.2, -0.15) is 0 Å². The zero-order chi connectivity index (χ0) is 14.4. The van der Waals surface area contributed by atoms with Gasteiger partial charge in [-0.05, 0) is 24.7 Å². The lowest BCUT2D eigenvalue weighted by Gasteiger charge is -2.28. The van der Waals surface area contributed by atoms with E-state index in [1.807, 2.05) is 6.92 Å². The molecule has 110 valence electrons. The van der Waals surface area contributed by atoms with Crippen LogP contribution in [0.3, 0.4) is 0 Å². The third-order valence-electron chi connectivity index (χ3n) is 4.14. The molecule has 0 aliphatic heterocycles. The van der Waals surface area contributed by atoms with Gasteiger partial charge in [0, 0.05) is 0 Å². The summed E-state index contributed by atoms with van der Waals surface area (Å²) in [7, 11) is 0. The van der Waals surface area contributed by atoms with Gasteiger partial charge < -0.3 is 15.5 Å². The highest BCUT2D eigenvalue weighted by Gasteiger charge is 2.32. The summed E-state index contributed by atoms with van der Waals surface area (Å²) in [6.45, 7) is 3.66. The number of hydrogen-bond acceptors (Lipinski definition) is 3. The summed E-state index contributed by atoms with van der Waals surface area (Å²) in [6, 6.07) is -0.921. The van der Waals surface area contributed by atoms with Gasteiger partial charge in [0.1, 0.15) is 12.1 Å². The molecule has 1 amide bonds. The molecule has 0 spiro atoms. The summed E-state index contributed by atoms with van der Waals surface area (Å²) < 4.78 is 0.